The molecule has 4 heteroatoms. The molecular weight excluding hydrogens is 178 g/mol. The molecule has 14 heavy (non-hydrogen) atoms. The van der Waals surface area contributed by atoms with Crippen molar-refractivity contribution in [1.82, 2.24) is 10.2 Å². The summed E-state index contributed by atoms with van der Waals surface area (Å²) in [4.78, 5) is 0. The van der Waals surface area contributed by atoms with Gasteiger partial charge in [0.2, 0.25) is 5.89 Å². The summed E-state index contributed by atoms with van der Waals surface area (Å²) < 4.78 is 5.27. The summed E-state index contributed by atoms with van der Waals surface area (Å²) in [5, 5.41) is 7.61. The van der Waals surface area contributed by atoms with E-state index in [-0.39, 0.29) is 6.04 Å². The van der Waals surface area contributed by atoms with Crippen LogP contribution in [0.1, 0.15) is 45.0 Å². The minimum atomic E-state index is -0.185. The molecule has 0 aliphatic rings. The van der Waals surface area contributed by atoms with Crippen LogP contribution < -0.4 is 5.73 Å². The Labute approximate surface area is 83.9 Å². The smallest absolute Gasteiger partial charge is 0.293 e. The summed E-state index contributed by atoms with van der Waals surface area (Å²) in [5.74, 6) is 6.70. The second-order valence-electron chi connectivity index (χ2n) is 3.56. The maximum absolute atomic E-state index is 5.86. The number of rotatable bonds is 3. The second kappa shape index (κ2) is 4.77. The van der Waals surface area contributed by atoms with Crippen molar-refractivity contribution in [3.8, 4) is 11.8 Å². The number of hydrogen-bond acceptors (Lipinski definition) is 4. The van der Waals surface area contributed by atoms with Crippen LogP contribution in [0.5, 0.6) is 0 Å². The fourth-order valence-corrected chi connectivity index (χ4v) is 1.15. The molecule has 76 valence electrons. The molecule has 1 heterocycles. The van der Waals surface area contributed by atoms with Gasteiger partial charge >= 0.3 is 0 Å². The Morgan fingerprint density at radius 3 is 2.71 bits per heavy atom. The third kappa shape index (κ3) is 2.86. The van der Waals surface area contributed by atoms with Crippen molar-refractivity contribution in [1.29, 1.82) is 0 Å². The molecule has 0 fully saturated rings. The molecule has 1 rings (SSSR count). The molecule has 1 unspecified atom stereocenters. The molecule has 1 atom stereocenters. The number of aromatic nitrogens is 2. The predicted octanol–water partition coefficient (Wildman–Crippen LogP) is 1.49. The van der Waals surface area contributed by atoms with Gasteiger partial charge in [-0.05, 0) is 25.2 Å². The zero-order chi connectivity index (χ0) is 10.6. The van der Waals surface area contributed by atoms with Crippen LogP contribution in [0.15, 0.2) is 4.42 Å². The van der Waals surface area contributed by atoms with E-state index in [4.69, 9.17) is 10.2 Å². The summed E-state index contributed by atoms with van der Waals surface area (Å²) in [6.07, 6.45) is 0.835. The average Bonchev–Trinajstić information content (AvgIpc) is 2.52. The molecule has 0 bridgehead atoms. The quantitative estimate of drug-likeness (QED) is 0.738. The molecule has 0 radical (unpaired) electrons. The van der Waals surface area contributed by atoms with Crippen LogP contribution in [0.3, 0.4) is 0 Å². The second-order valence-corrected chi connectivity index (χ2v) is 3.56. The van der Waals surface area contributed by atoms with Crippen molar-refractivity contribution in [3.05, 3.63) is 11.8 Å². The molecule has 0 saturated carbocycles. The Bertz CT molecular complexity index is 346. The van der Waals surface area contributed by atoms with E-state index < -0.39 is 0 Å². The van der Waals surface area contributed by atoms with E-state index >= 15 is 0 Å². The van der Waals surface area contributed by atoms with E-state index in [0.29, 0.717) is 17.7 Å². The van der Waals surface area contributed by atoms with Gasteiger partial charge in [0.1, 0.15) is 0 Å². The van der Waals surface area contributed by atoms with Crippen molar-refractivity contribution in [3.63, 3.8) is 0 Å². The van der Waals surface area contributed by atoms with Gasteiger partial charge in [-0.15, -0.1) is 5.10 Å². The first-order valence-electron chi connectivity index (χ1n) is 4.65. The van der Waals surface area contributed by atoms with Gasteiger partial charge in [-0.3, -0.25) is 0 Å². The minimum Gasteiger partial charge on any atom is -0.413 e. The topological polar surface area (TPSA) is 64.9 Å². The molecule has 1 aromatic heterocycles. The first-order chi connectivity index (χ1) is 6.63. The fraction of sp³-hybridized carbons (Fsp3) is 0.600. The van der Waals surface area contributed by atoms with Gasteiger partial charge < -0.3 is 10.2 Å². The summed E-state index contributed by atoms with van der Waals surface area (Å²) in [6.45, 7) is 5.92. The molecular formula is C10H15N3O. The summed E-state index contributed by atoms with van der Waals surface area (Å²) in [6, 6.07) is -0.185. The molecule has 0 amide bonds. The van der Waals surface area contributed by atoms with Crippen LogP contribution in [-0.4, -0.2) is 10.2 Å². The highest BCUT2D eigenvalue weighted by atomic mass is 16.4. The lowest BCUT2D eigenvalue weighted by molar-refractivity contribution is 0.398. The number of nitrogens with zero attached hydrogens (tertiary/aromatic N) is 2. The fourth-order valence-electron chi connectivity index (χ4n) is 1.15. The SMILES string of the molecule is CC#Cc1nnc(C(N)CC(C)C)o1. The van der Waals surface area contributed by atoms with Gasteiger partial charge in [-0.2, -0.15) is 0 Å². The Morgan fingerprint density at radius 1 is 1.43 bits per heavy atom. The highest BCUT2D eigenvalue weighted by Gasteiger charge is 2.14. The van der Waals surface area contributed by atoms with Gasteiger partial charge in [0.25, 0.3) is 5.89 Å². The van der Waals surface area contributed by atoms with Crippen LogP contribution in [0.25, 0.3) is 0 Å². The van der Waals surface area contributed by atoms with Crippen molar-refractivity contribution in [2.45, 2.75) is 33.2 Å². The van der Waals surface area contributed by atoms with Crippen molar-refractivity contribution in [2.24, 2.45) is 11.7 Å². The zero-order valence-corrected chi connectivity index (χ0v) is 8.74. The van der Waals surface area contributed by atoms with Crippen molar-refractivity contribution in [2.75, 3.05) is 0 Å². The summed E-state index contributed by atoms with van der Waals surface area (Å²) >= 11 is 0. The van der Waals surface area contributed by atoms with Gasteiger partial charge in [0.15, 0.2) is 0 Å². The maximum atomic E-state index is 5.86. The van der Waals surface area contributed by atoms with Gasteiger partial charge in [0.05, 0.1) is 6.04 Å². The van der Waals surface area contributed by atoms with Gasteiger partial charge in [-0.25, -0.2) is 0 Å². The molecule has 0 aliphatic heterocycles. The monoisotopic (exact) mass is 193 g/mol. The Balaban J connectivity index is 2.69. The largest absolute Gasteiger partial charge is 0.413 e. The minimum absolute atomic E-state index is 0.185. The summed E-state index contributed by atoms with van der Waals surface area (Å²) in [7, 11) is 0. The van der Waals surface area contributed by atoms with Crippen LogP contribution >= 0.6 is 0 Å². The first kappa shape index (κ1) is 10.7. The summed E-state index contributed by atoms with van der Waals surface area (Å²) in [5.41, 5.74) is 5.86. The standard InChI is InChI=1S/C10H15N3O/c1-4-5-9-12-13-10(14-9)8(11)6-7(2)3/h7-8H,6,11H2,1-3H3. The number of hydrogen-bond donors (Lipinski definition) is 1. The number of nitrogens with two attached hydrogens (primary N) is 1. The maximum Gasteiger partial charge on any atom is 0.293 e. The van der Waals surface area contributed by atoms with E-state index in [1.165, 1.54) is 0 Å². The lowest BCUT2D eigenvalue weighted by Crippen LogP contribution is -2.13. The van der Waals surface area contributed by atoms with Crippen molar-refractivity contribution < 1.29 is 4.42 Å². The van der Waals surface area contributed by atoms with Gasteiger partial charge in [-0.1, -0.05) is 24.9 Å². The van der Waals surface area contributed by atoms with Crippen LogP contribution in [-0.2, 0) is 0 Å². The molecule has 4 nitrogen and oxygen atoms in total. The van der Waals surface area contributed by atoms with E-state index in [1.807, 2.05) is 0 Å². The van der Waals surface area contributed by atoms with Crippen LogP contribution in [0, 0.1) is 17.8 Å². The highest BCUT2D eigenvalue weighted by Crippen LogP contribution is 2.16. The normalized spacial score (nSPS) is 12.4. The lowest BCUT2D eigenvalue weighted by atomic mass is 10.1. The predicted molar refractivity (Wildman–Crippen MR) is 53.2 cm³/mol. The Kier molecular flexibility index (Phi) is 3.66. The van der Waals surface area contributed by atoms with E-state index in [9.17, 15) is 0 Å². The first-order valence-corrected chi connectivity index (χ1v) is 4.65. The molecule has 0 aromatic carbocycles. The lowest BCUT2D eigenvalue weighted by Gasteiger charge is -2.08. The molecule has 0 spiro atoms. The molecule has 0 saturated heterocycles. The van der Waals surface area contributed by atoms with E-state index in [0.717, 1.165) is 6.42 Å². The highest BCUT2D eigenvalue weighted by molar-refractivity contribution is 5.15. The van der Waals surface area contributed by atoms with Crippen LogP contribution in [0.2, 0.25) is 0 Å². The third-order valence-corrected chi connectivity index (χ3v) is 1.72. The molecule has 2 N–H and O–H groups in total. The molecule has 0 aliphatic carbocycles. The zero-order valence-electron chi connectivity index (χ0n) is 8.74. The Morgan fingerprint density at radius 2 is 2.14 bits per heavy atom. The van der Waals surface area contributed by atoms with Gasteiger partial charge in [0, 0.05) is 0 Å². The third-order valence-electron chi connectivity index (χ3n) is 1.72. The van der Waals surface area contributed by atoms with Crippen LogP contribution in [0.4, 0.5) is 0 Å². The average molecular weight is 193 g/mol. The Hall–Kier alpha value is -1.34. The molecule has 1 aromatic rings. The van der Waals surface area contributed by atoms with E-state index in [1.54, 1.807) is 6.92 Å². The van der Waals surface area contributed by atoms with Crippen molar-refractivity contribution >= 4 is 0 Å². The van der Waals surface area contributed by atoms with E-state index in [2.05, 4.69) is 35.9 Å².